The molecular weight excluding hydrogens is 238 g/mol. The molecular formula is C13H12F2N2O. The molecule has 2 N–H and O–H groups in total. The smallest absolute Gasteiger partial charge is 0.138 e. The number of aromatic nitrogens is 1. The van der Waals surface area contributed by atoms with Gasteiger partial charge in [-0.3, -0.25) is 4.98 Å². The molecule has 5 heteroatoms. The first-order valence-electron chi connectivity index (χ1n) is 5.41. The summed E-state index contributed by atoms with van der Waals surface area (Å²) in [6.07, 6.45) is 1.52. The Morgan fingerprint density at radius 3 is 2.61 bits per heavy atom. The van der Waals surface area contributed by atoms with Crippen LogP contribution in [0.25, 0.3) is 0 Å². The van der Waals surface area contributed by atoms with Crippen molar-refractivity contribution in [3.05, 3.63) is 59.4 Å². The molecule has 2 rings (SSSR count). The molecule has 1 aromatic carbocycles. The van der Waals surface area contributed by atoms with Gasteiger partial charge in [-0.1, -0.05) is 0 Å². The fourth-order valence-electron chi connectivity index (χ4n) is 1.42. The van der Waals surface area contributed by atoms with E-state index in [1.54, 1.807) is 12.1 Å². The second kappa shape index (κ2) is 5.55. The SMILES string of the molecule is NCc1ccc(OCc2ccc(F)cc2F)cn1. The van der Waals surface area contributed by atoms with Gasteiger partial charge in [-0.15, -0.1) is 0 Å². The van der Waals surface area contributed by atoms with Crippen LogP contribution in [-0.4, -0.2) is 4.98 Å². The predicted molar refractivity (Wildman–Crippen MR) is 62.8 cm³/mol. The summed E-state index contributed by atoms with van der Waals surface area (Å²) >= 11 is 0. The zero-order chi connectivity index (χ0) is 13.0. The number of ether oxygens (including phenoxy) is 1. The first-order valence-corrected chi connectivity index (χ1v) is 5.41. The zero-order valence-corrected chi connectivity index (χ0v) is 9.57. The van der Waals surface area contributed by atoms with Crippen LogP contribution in [0.2, 0.25) is 0 Å². The summed E-state index contributed by atoms with van der Waals surface area (Å²) in [5.74, 6) is -0.720. The van der Waals surface area contributed by atoms with Crippen molar-refractivity contribution in [3.63, 3.8) is 0 Å². The van der Waals surface area contributed by atoms with Gasteiger partial charge in [0.25, 0.3) is 0 Å². The van der Waals surface area contributed by atoms with Crippen molar-refractivity contribution in [3.8, 4) is 5.75 Å². The van der Waals surface area contributed by atoms with Gasteiger partial charge in [0, 0.05) is 18.2 Å². The Morgan fingerprint density at radius 2 is 2.00 bits per heavy atom. The van der Waals surface area contributed by atoms with Crippen LogP contribution in [-0.2, 0) is 13.2 Å². The van der Waals surface area contributed by atoms with E-state index >= 15 is 0 Å². The van der Waals surface area contributed by atoms with Crippen LogP contribution in [0, 0.1) is 11.6 Å². The monoisotopic (exact) mass is 250 g/mol. The molecule has 0 fully saturated rings. The number of nitrogens with two attached hydrogens (primary N) is 1. The topological polar surface area (TPSA) is 48.1 Å². The molecule has 0 aliphatic rings. The number of pyridine rings is 1. The second-order valence-corrected chi connectivity index (χ2v) is 3.71. The van der Waals surface area contributed by atoms with Crippen molar-refractivity contribution in [2.45, 2.75) is 13.2 Å². The van der Waals surface area contributed by atoms with Crippen LogP contribution >= 0.6 is 0 Å². The predicted octanol–water partition coefficient (Wildman–Crippen LogP) is 2.40. The Labute approximate surface area is 103 Å². The van der Waals surface area contributed by atoms with E-state index in [4.69, 9.17) is 10.5 Å². The number of rotatable bonds is 4. The van der Waals surface area contributed by atoms with Gasteiger partial charge in [-0.25, -0.2) is 8.78 Å². The molecule has 0 amide bonds. The van der Waals surface area contributed by atoms with Crippen molar-refractivity contribution >= 4 is 0 Å². The maximum Gasteiger partial charge on any atom is 0.138 e. The van der Waals surface area contributed by atoms with Gasteiger partial charge < -0.3 is 10.5 Å². The molecule has 0 aliphatic heterocycles. The molecule has 2 aromatic rings. The Balaban J connectivity index is 2.02. The third kappa shape index (κ3) is 3.01. The molecule has 0 bridgehead atoms. The van der Waals surface area contributed by atoms with Crippen molar-refractivity contribution < 1.29 is 13.5 Å². The van der Waals surface area contributed by atoms with E-state index in [9.17, 15) is 8.78 Å². The van der Waals surface area contributed by atoms with Crippen LogP contribution in [0.1, 0.15) is 11.3 Å². The number of nitrogens with zero attached hydrogens (tertiary/aromatic N) is 1. The molecule has 0 unspecified atom stereocenters. The summed E-state index contributed by atoms with van der Waals surface area (Å²) in [5.41, 5.74) is 6.45. The van der Waals surface area contributed by atoms with Crippen LogP contribution < -0.4 is 10.5 Å². The molecule has 0 spiro atoms. The quantitative estimate of drug-likeness (QED) is 0.906. The van der Waals surface area contributed by atoms with Crippen molar-refractivity contribution in [2.75, 3.05) is 0 Å². The molecule has 1 heterocycles. The summed E-state index contributed by atoms with van der Waals surface area (Å²) in [4.78, 5) is 4.04. The van der Waals surface area contributed by atoms with Crippen LogP contribution in [0.5, 0.6) is 5.75 Å². The average Bonchev–Trinajstić information content (AvgIpc) is 2.38. The minimum absolute atomic E-state index is 0.0236. The first kappa shape index (κ1) is 12.4. The minimum atomic E-state index is -0.624. The summed E-state index contributed by atoms with van der Waals surface area (Å²) in [6, 6.07) is 6.81. The lowest BCUT2D eigenvalue weighted by molar-refractivity contribution is 0.298. The highest BCUT2D eigenvalue weighted by Crippen LogP contribution is 2.14. The van der Waals surface area contributed by atoms with Gasteiger partial charge in [-0.05, 0) is 24.3 Å². The number of halogens is 2. The summed E-state index contributed by atoms with van der Waals surface area (Å²) in [7, 11) is 0. The van der Waals surface area contributed by atoms with E-state index in [2.05, 4.69) is 4.98 Å². The molecule has 94 valence electrons. The zero-order valence-electron chi connectivity index (χ0n) is 9.57. The van der Waals surface area contributed by atoms with Crippen LogP contribution in [0.4, 0.5) is 8.78 Å². The van der Waals surface area contributed by atoms with E-state index in [0.29, 0.717) is 17.9 Å². The Morgan fingerprint density at radius 1 is 1.17 bits per heavy atom. The van der Waals surface area contributed by atoms with Gasteiger partial charge in [0.1, 0.15) is 24.0 Å². The summed E-state index contributed by atoms with van der Waals surface area (Å²) < 4.78 is 31.4. The number of benzene rings is 1. The van der Waals surface area contributed by atoms with E-state index in [1.807, 2.05) is 0 Å². The highest BCUT2D eigenvalue weighted by atomic mass is 19.1. The van der Waals surface area contributed by atoms with Crippen LogP contribution in [0.3, 0.4) is 0 Å². The molecule has 0 saturated carbocycles. The maximum absolute atomic E-state index is 13.3. The van der Waals surface area contributed by atoms with E-state index in [1.165, 1.54) is 18.3 Å². The van der Waals surface area contributed by atoms with Crippen LogP contribution in [0.15, 0.2) is 36.5 Å². The molecule has 1 aromatic heterocycles. The fourth-order valence-corrected chi connectivity index (χ4v) is 1.42. The molecule has 18 heavy (non-hydrogen) atoms. The van der Waals surface area contributed by atoms with E-state index in [0.717, 1.165) is 11.8 Å². The molecule has 0 saturated heterocycles. The summed E-state index contributed by atoms with van der Waals surface area (Å²) in [5, 5.41) is 0. The first-order chi connectivity index (χ1) is 8.69. The lowest BCUT2D eigenvalue weighted by atomic mass is 10.2. The van der Waals surface area contributed by atoms with Gasteiger partial charge in [0.15, 0.2) is 0 Å². The fraction of sp³-hybridized carbons (Fsp3) is 0.154. The maximum atomic E-state index is 13.3. The third-order valence-electron chi connectivity index (χ3n) is 2.42. The standard InChI is InChI=1S/C13H12F2N2O/c14-10-2-1-9(13(15)5-10)8-18-12-4-3-11(6-16)17-7-12/h1-5,7H,6,8,16H2. The number of hydrogen-bond acceptors (Lipinski definition) is 3. The third-order valence-corrected chi connectivity index (χ3v) is 2.42. The lowest BCUT2D eigenvalue weighted by Crippen LogP contribution is -2.01. The number of hydrogen-bond donors (Lipinski definition) is 1. The van der Waals surface area contributed by atoms with Gasteiger partial charge in [-0.2, -0.15) is 0 Å². The molecule has 0 atom stereocenters. The lowest BCUT2D eigenvalue weighted by Gasteiger charge is -2.07. The highest BCUT2D eigenvalue weighted by molar-refractivity contribution is 5.22. The Bertz CT molecular complexity index is 529. The largest absolute Gasteiger partial charge is 0.487 e. The van der Waals surface area contributed by atoms with Crippen molar-refractivity contribution in [1.29, 1.82) is 0 Å². The van der Waals surface area contributed by atoms with Gasteiger partial charge >= 0.3 is 0 Å². The molecule has 0 radical (unpaired) electrons. The Kier molecular flexibility index (Phi) is 3.84. The minimum Gasteiger partial charge on any atom is -0.487 e. The van der Waals surface area contributed by atoms with Crippen molar-refractivity contribution in [2.24, 2.45) is 5.73 Å². The van der Waals surface area contributed by atoms with E-state index in [-0.39, 0.29) is 6.61 Å². The highest BCUT2D eigenvalue weighted by Gasteiger charge is 2.04. The Hall–Kier alpha value is -2.01. The van der Waals surface area contributed by atoms with E-state index < -0.39 is 11.6 Å². The second-order valence-electron chi connectivity index (χ2n) is 3.71. The summed E-state index contributed by atoms with van der Waals surface area (Å²) in [6.45, 7) is 0.378. The molecule has 3 nitrogen and oxygen atoms in total. The van der Waals surface area contributed by atoms with Gasteiger partial charge in [0.05, 0.1) is 11.9 Å². The van der Waals surface area contributed by atoms with Crippen molar-refractivity contribution in [1.82, 2.24) is 4.98 Å². The van der Waals surface area contributed by atoms with Gasteiger partial charge in [0.2, 0.25) is 0 Å². The normalized spacial score (nSPS) is 10.4. The average molecular weight is 250 g/mol. The molecule has 0 aliphatic carbocycles.